The van der Waals surface area contributed by atoms with E-state index in [4.69, 9.17) is 20.4 Å². The molecule has 0 saturated carbocycles. The highest BCUT2D eigenvalue weighted by atomic mass is 32.1. The van der Waals surface area contributed by atoms with Crippen LogP contribution in [0.25, 0.3) is 104 Å². The fourth-order valence-corrected chi connectivity index (χ4v) is 8.78. The van der Waals surface area contributed by atoms with Crippen LogP contribution in [0.2, 0.25) is 0 Å². The molecule has 3 heterocycles. The van der Waals surface area contributed by atoms with Gasteiger partial charge in [0.05, 0.1) is 24.9 Å². The Morgan fingerprint density at radius 2 is 1.07 bits per heavy atom. The van der Waals surface area contributed by atoms with E-state index in [-0.39, 0.29) is 58.1 Å². The molecule has 0 spiro atoms. The third kappa shape index (κ3) is 4.86. The van der Waals surface area contributed by atoms with Crippen LogP contribution in [-0.4, -0.2) is 19.5 Å². The number of para-hydroxylation sites is 3. The molecule has 0 aliphatic rings. The highest BCUT2D eigenvalue weighted by Gasteiger charge is 2.24. The van der Waals surface area contributed by atoms with Crippen LogP contribution in [-0.2, 0) is 0 Å². The average Bonchev–Trinajstić information content (AvgIpc) is 3.85. The maximum atomic E-state index is 9.40. The van der Waals surface area contributed by atoms with E-state index in [1.807, 2.05) is 84.9 Å². The second-order valence-electron chi connectivity index (χ2n) is 13.1. The number of hydrogen-bond acceptors (Lipinski definition) is 4. The summed E-state index contributed by atoms with van der Waals surface area (Å²) in [4.78, 5) is 15.4. The Morgan fingerprint density at radius 1 is 0.444 bits per heavy atom. The predicted molar refractivity (Wildman–Crippen MR) is 226 cm³/mol. The monoisotopic (exact) mass is 712 g/mol. The quantitative estimate of drug-likeness (QED) is 0.178. The Morgan fingerprint density at radius 3 is 1.89 bits per heavy atom. The third-order valence-corrected chi connectivity index (χ3v) is 11.2. The Kier molecular flexibility index (Phi) is 5.73. The SMILES string of the molecule is [2H]c1cc([2H])c2c(c1[2H])c1c([2H])c([2H])cc([2H])c1n2-c1c(-c2nc(-c3ccccc3)nc(-c3ccc4ccccc4c3)n2)cccc1-c1cccc2c1sc1ccccc12. The molecule has 4 nitrogen and oxygen atoms in total. The van der Waals surface area contributed by atoms with Crippen molar-refractivity contribution in [2.75, 3.05) is 0 Å². The van der Waals surface area contributed by atoms with E-state index in [9.17, 15) is 2.74 Å². The average molecular weight is 713 g/mol. The summed E-state index contributed by atoms with van der Waals surface area (Å²) in [5, 5.41) is 4.68. The normalized spacial score (nSPS) is 13.3. The van der Waals surface area contributed by atoms with Crippen LogP contribution in [0.4, 0.5) is 0 Å². The van der Waals surface area contributed by atoms with Crippen molar-refractivity contribution in [1.82, 2.24) is 19.5 Å². The smallest absolute Gasteiger partial charge is 0.166 e. The van der Waals surface area contributed by atoms with Gasteiger partial charge in [0.25, 0.3) is 0 Å². The standard InChI is InChI=1S/C49H30N4S/c1-2-15-32(16-3-1)47-50-48(34-29-28-31-14-4-5-17-33(31)30-34)52-49(51-47)41-24-12-21-38(40-23-13-22-39-37-20-8-11-27-44(37)54-46(39)40)45(41)53-42-25-9-6-18-35(42)36-19-7-10-26-43(36)53/h1-30H/i6D,7D,18D,19D,25D,26D. The molecule has 5 heteroatoms. The van der Waals surface area contributed by atoms with Crippen molar-refractivity contribution in [2.24, 2.45) is 0 Å². The van der Waals surface area contributed by atoms with Gasteiger partial charge in [0.1, 0.15) is 0 Å². The van der Waals surface area contributed by atoms with Gasteiger partial charge in [-0.2, -0.15) is 0 Å². The highest BCUT2D eigenvalue weighted by molar-refractivity contribution is 7.26. The molecule has 54 heavy (non-hydrogen) atoms. The molecule has 0 radical (unpaired) electrons. The molecular weight excluding hydrogens is 677 g/mol. The molecule has 11 aromatic rings. The number of rotatable bonds is 5. The number of thiophene rings is 1. The first-order valence-electron chi connectivity index (χ1n) is 20.6. The lowest BCUT2D eigenvalue weighted by Gasteiger charge is -2.19. The Balaban J connectivity index is 1.32. The minimum Gasteiger partial charge on any atom is -0.308 e. The minimum atomic E-state index is -0.181. The van der Waals surface area contributed by atoms with E-state index >= 15 is 0 Å². The van der Waals surface area contributed by atoms with Crippen LogP contribution in [0.5, 0.6) is 0 Å². The molecule has 3 aromatic heterocycles. The van der Waals surface area contributed by atoms with Crippen LogP contribution in [0.3, 0.4) is 0 Å². The van der Waals surface area contributed by atoms with Crippen LogP contribution < -0.4 is 0 Å². The van der Waals surface area contributed by atoms with Crippen molar-refractivity contribution in [3.05, 3.63) is 182 Å². The molecule has 0 fully saturated rings. The maximum Gasteiger partial charge on any atom is 0.166 e. The van der Waals surface area contributed by atoms with Gasteiger partial charge < -0.3 is 4.57 Å². The van der Waals surface area contributed by atoms with Crippen LogP contribution >= 0.6 is 11.3 Å². The number of aromatic nitrogens is 4. The molecule has 0 amide bonds. The molecule has 0 aliphatic heterocycles. The molecular formula is C49H30N4S. The van der Waals surface area contributed by atoms with Crippen molar-refractivity contribution < 1.29 is 8.22 Å². The summed E-state index contributed by atoms with van der Waals surface area (Å²) in [6, 6.07) is 46.2. The molecule has 0 bridgehead atoms. The Bertz CT molecular complexity index is 3510. The summed E-state index contributed by atoms with van der Waals surface area (Å²) < 4.78 is 58.4. The van der Waals surface area contributed by atoms with Gasteiger partial charge in [-0.1, -0.05) is 152 Å². The van der Waals surface area contributed by atoms with Gasteiger partial charge in [0, 0.05) is 58.8 Å². The lowest BCUT2D eigenvalue weighted by Crippen LogP contribution is -2.05. The van der Waals surface area contributed by atoms with E-state index in [1.54, 1.807) is 15.9 Å². The lowest BCUT2D eigenvalue weighted by atomic mass is 9.97. The molecule has 0 N–H and O–H groups in total. The van der Waals surface area contributed by atoms with E-state index in [0.717, 1.165) is 53.2 Å². The van der Waals surface area contributed by atoms with Gasteiger partial charge >= 0.3 is 0 Å². The Hall–Kier alpha value is -6.95. The zero-order valence-electron chi connectivity index (χ0n) is 34.6. The summed E-state index contributed by atoms with van der Waals surface area (Å²) in [5.74, 6) is 1.25. The molecule has 0 unspecified atom stereocenters. The lowest BCUT2D eigenvalue weighted by molar-refractivity contribution is 1.07. The minimum absolute atomic E-state index is 0.0502. The molecule has 0 saturated heterocycles. The molecule has 11 rings (SSSR count). The zero-order chi connectivity index (χ0) is 40.8. The van der Waals surface area contributed by atoms with Crippen molar-refractivity contribution in [3.8, 4) is 51.0 Å². The zero-order valence-corrected chi connectivity index (χ0v) is 29.4. The number of fused-ring (bicyclic) bond motifs is 7. The van der Waals surface area contributed by atoms with Gasteiger partial charge in [0.15, 0.2) is 17.5 Å². The van der Waals surface area contributed by atoms with E-state index < -0.39 is 0 Å². The van der Waals surface area contributed by atoms with Crippen molar-refractivity contribution >= 4 is 64.1 Å². The van der Waals surface area contributed by atoms with Crippen LogP contribution in [0.15, 0.2) is 182 Å². The largest absolute Gasteiger partial charge is 0.308 e. The van der Waals surface area contributed by atoms with Gasteiger partial charge in [0.2, 0.25) is 0 Å². The second-order valence-corrected chi connectivity index (χ2v) is 14.2. The number of hydrogen-bond donors (Lipinski definition) is 0. The summed E-state index contributed by atoms with van der Waals surface area (Å²) in [6.07, 6.45) is 0. The van der Waals surface area contributed by atoms with Crippen molar-refractivity contribution in [3.63, 3.8) is 0 Å². The van der Waals surface area contributed by atoms with Gasteiger partial charge in [-0.15, -0.1) is 11.3 Å². The second kappa shape index (κ2) is 12.3. The number of nitrogens with zero attached hydrogens (tertiary/aromatic N) is 4. The van der Waals surface area contributed by atoms with Gasteiger partial charge in [-0.25, -0.2) is 15.0 Å². The first kappa shape index (κ1) is 25.1. The summed E-state index contributed by atoms with van der Waals surface area (Å²) in [5.41, 5.74) is 4.84. The molecule has 252 valence electrons. The number of benzene rings is 8. The van der Waals surface area contributed by atoms with Crippen molar-refractivity contribution in [1.29, 1.82) is 0 Å². The summed E-state index contributed by atoms with van der Waals surface area (Å²) in [6.45, 7) is 0. The first-order valence-corrected chi connectivity index (χ1v) is 18.4. The van der Waals surface area contributed by atoms with Gasteiger partial charge in [-0.3, -0.25) is 0 Å². The topological polar surface area (TPSA) is 43.6 Å². The Labute approximate surface area is 323 Å². The van der Waals surface area contributed by atoms with Gasteiger partial charge in [-0.05, 0) is 41.1 Å². The summed E-state index contributed by atoms with van der Waals surface area (Å²) in [7, 11) is 0. The molecule has 0 aliphatic carbocycles. The molecule has 8 aromatic carbocycles. The van der Waals surface area contributed by atoms with E-state index in [2.05, 4.69) is 48.5 Å². The summed E-state index contributed by atoms with van der Waals surface area (Å²) >= 11 is 1.68. The fraction of sp³-hybridized carbons (Fsp3) is 0. The van der Waals surface area contributed by atoms with E-state index in [0.29, 0.717) is 28.7 Å². The van der Waals surface area contributed by atoms with Crippen LogP contribution in [0.1, 0.15) is 8.22 Å². The van der Waals surface area contributed by atoms with Crippen molar-refractivity contribution in [2.45, 2.75) is 0 Å². The first-order chi connectivity index (χ1) is 29.2. The van der Waals surface area contributed by atoms with E-state index in [1.165, 1.54) is 12.1 Å². The molecule has 0 atom stereocenters. The fourth-order valence-electron chi connectivity index (χ4n) is 7.55. The highest BCUT2D eigenvalue weighted by Crippen LogP contribution is 2.45. The van der Waals surface area contributed by atoms with Crippen LogP contribution in [0, 0.1) is 0 Å². The maximum absolute atomic E-state index is 9.40. The predicted octanol–water partition coefficient (Wildman–Crippen LogP) is 13.2. The third-order valence-electron chi connectivity index (χ3n) is 10.00.